The standard InChI is InChI=1S/C20H24N6O/c1-21-20(23-12-5-13-27-19-6-3-2-4-7-19)24-14-17-8-10-18(11-9-17)26-16-22-15-25-26/h2-4,6-11,15-16H,5,12-14H2,1H3,(H2,21,23,24). The predicted molar refractivity (Wildman–Crippen MR) is 106 cm³/mol. The van der Waals surface area contributed by atoms with Crippen molar-refractivity contribution in [2.75, 3.05) is 20.2 Å². The molecule has 7 nitrogen and oxygen atoms in total. The molecule has 140 valence electrons. The molecule has 1 heterocycles. The molecule has 0 spiro atoms. The molecule has 3 aromatic rings. The van der Waals surface area contributed by atoms with Gasteiger partial charge in [0.25, 0.3) is 0 Å². The second-order valence-electron chi connectivity index (χ2n) is 5.87. The van der Waals surface area contributed by atoms with E-state index in [-0.39, 0.29) is 0 Å². The average molecular weight is 364 g/mol. The number of nitrogens with one attached hydrogen (secondary N) is 2. The Morgan fingerprint density at radius 3 is 2.59 bits per heavy atom. The molecule has 0 amide bonds. The van der Waals surface area contributed by atoms with Crippen molar-refractivity contribution in [3.8, 4) is 11.4 Å². The first-order chi connectivity index (χ1) is 13.3. The fraction of sp³-hybridized carbons (Fsp3) is 0.250. The molecule has 0 saturated heterocycles. The van der Waals surface area contributed by atoms with Crippen LogP contribution in [0.1, 0.15) is 12.0 Å². The zero-order chi connectivity index (χ0) is 18.7. The minimum atomic E-state index is 0.664. The minimum absolute atomic E-state index is 0.664. The Balaban J connectivity index is 1.36. The molecule has 27 heavy (non-hydrogen) atoms. The minimum Gasteiger partial charge on any atom is -0.494 e. The highest BCUT2D eigenvalue weighted by atomic mass is 16.5. The number of aliphatic imine (C=N–C) groups is 1. The Morgan fingerprint density at radius 1 is 1.07 bits per heavy atom. The van der Waals surface area contributed by atoms with Crippen molar-refractivity contribution in [3.63, 3.8) is 0 Å². The van der Waals surface area contributed by atoms with Gasteiger partial charge in [-0.15, -0.1) is 0 Å². The summed E-state index contributed by atoms with van der Waals surface area (Å²) in [4.78, 5) is 8.21. The van der Waals surface area contributed by atoms with E-state index in [1.54, 1.807) is 18.1 Å². The summed E-state index contributed by atoms with van der Waals surface area (Å²) in [5, 5.41) is 10.7. The molecule has 0 saturated carbocycles. The number of hydrogen-bond acceptors (Lipinski definition) is 4. The summed E-state index contributed by atoms with van der Waals surface area (Å²) < 4.78 is 7.41. The van der Waals surface area contributed by atoms with Crippen LogP contribution in [-0.2, 0) is 6.54 Å². The molecule has 0 fully saturated rings. The van der Waals surface area contributed by atoms with Crippen LogP contribution in [0, 0.1) is 0 Å². The maximum atomic E-state index is 5.68. The number of ether oxygens (including phenoxy) is 1. The summed E-state index contributed by atoms with van der Waals surface area (Å²) in [6.07, 6.45) is 4.10. The zero-order valence-electron chi connectivity index (χ0n) is 15.4. The lowest BCUT2D eigenvalue weighted by Crippen LogP contribution is -2.37. The van der Waals surface area contributed by atoms with Crippen molar-refractivity contribution in [1.82, 2.24) is 25.4 Å². The summed E-state index contributed by atoms with van der Waals surface area (Å²) >= 11 is 0. The number of hydrogen-bond donors (Lipinski definition) is 2. The Labute approximate surface area is 159 Å². The van der Waals surface area contributed by atoms with E-state index in [9.17, 15) is 0 Å². The normalized spacial score (nSPS) is 11.2. The van der Waals surface area contributed by atoms with Gasteiger partial charge in [0.1, 0.15) is 18.4 Å². The van der Waals surface area contributed by atoms with Crippen molar-refractivity contribution in [1.29, 1.82) is 0 Å². The summed E-state index contributed by atoms with van der Waals surface area (Å²) in [6, 6.07) is 18.0. The van der Waals surface area contributed by atoms with Gasteiger partial charge in [0.05, 0.1) is 12.3 Å². The van der Waals surface area contributed by atoms with Crippen molar-refractivity contribution in [3.05, 3.63) is 72.8 Å². The van der Waals surface area contributed by atoms with Gasteiger partial charge in [-0.25, -0.2) is 9.67 Å². The molecule has 0 aliphatic carbocycles. The number of aromatic nitrogens is 3. The van der Waals surface area contributed by atoms with Gasteiger partial charge in [-0.2, -0.15) is 5.10 Å². The average Bonchev–Trinajstić information content (AvgIpc) is 3.26. The Hall–Kier alpha value is -3.35. The van der Waals surface area contributed by atoms with Crippen LogP contribution in [0.5, 0.6) is 5.75 Å². The number of benzene rings is 2. The highest BCUT2D eigenvalue weighted by molar-refractivity contribution is 5.79. The zero-order valence-corrected chi connectivity index (χ0v) is 15.4. The molecule has 2 aromatic carbocycles. The van der Waals surface area contributed by atoms with E-state index in [4.69, 9.17) is 4.74 Å². The van der Waals surface area contributed by atoms with Crippen LogP contribution >= 0.6 is 0 Å². The van der Waals surface area contributed by atoms with Gasteiger partial charge in [0, 0.05) is 20.1 Å². The summed E-state index contributed by atoms with van der Waals surface area (Å²) in [5.41, 5.74) is 2.14. The molecule has 0 unspecified atom stereocenters. The fourth-order valence-electron chi connectivity index (χ4n) is 2.50. The molecule has 1 aromatic heterocycles. The first-order valence-corrected chi connectivity index (χ1v) is 8.91. The molecule has 7 heteroatoms. The smallest absolute Gasteiger partial charge is 0.191 e. The van der Waals surface area contributed by atoms with E-state index in [1.807, 2.05) is 42.5 Å². The molecule has 0 aliphatic heterocycles. The SMILES string of the molecule is CN=C(NCCCOc1ccccc1)NCc1ccc(-n2cncn2)cc1. The monoisotopic (exact) mass is 364 g/mol. The maximum absolute atomic E-state index is 5.68. The van der Waals surface area contributed by atoms with Crippen LogP contribution in [0.4, 0.5) is 0 Å². The van der Waals surface area contributed by atoms with E-state index in [0.29, 0.717) is 13.2 Å². The van der Waals surface area contributed by atoms with E-state index in [1.165, 1.54) is 6.33 Å². The van der Waals surface area contributed by atoms with Gasteiger partial charge in [0.15, 0.2) is 5.96 Å². The first kappa shape index (κ1) is 18.4. The molecule has 0 aliphatic rings. The molecule has 0 bridgehead atoms. The third-order valence-electron chi connectivity index (χ3n) is 3.93. The molecule has 0 atom stereocenters. The third kappa shape index (κ3) is 5.85. The summed E-state index contributed by atoms with van der Waals surface area (Å²) in [5.74, 6) is 1.67. The number of para-hydroxylation sites is 1. The highest BCUT2D eigenvalue weighted by Gasteiger charge is 2.00. The van der Waals surface area contributed by atoms with Crippen LogP contribution in [0.25, 0.3) is 5.69 Å². The predicted octanol–water partition coefficient (Wildman–Crippen LogP) is 2.40. The Kier molecular flexibility index (Phi) is 6.80. The fourth-order valence-corrected chi connectivity index (χ4v) is 2.50. The molecule has 0 radical (unpaired) electrons. The molecular formula is C20H24N6O. The topological polar surface area (TPSA) is 76.4 Å². The summed E-state index contributed by atoms with van der Waals surface area (Å²) in [6.45, 7) is 2.15. The Bertz CT molecular complexity index is 815. The van der Waals surface area contributed by atoms with E-state index >= 15 is 0 Å². The second-order valence-corrected chi connectivity index (χ2v) is 5.87. The van der Waals surface area contributed by atoms with E-state index < -0.39 is 0 Å². The number of guanidine groups is 1. The van der Waals surface area contributed by atoms with Crippen LogP contribution < -0.4 is 15.4 Å². The van der Waals surface area contributed by atoms with Crippen molar-refractivity contribution in [2.24, 2.45) is 4.99 Å². The number of rotatable bonds is 8. The van der Waals surface area contributed by atoms with Crippen molar-refractivity contribution in [2.45, 2.75) is 13.0 Å². The lowest BCUT2D eigenvalue weighted by Gasteiger charge is -2.12. The maximum Gasteiger partial charge on any atom is 0.191 e. The van der Waals surface area contributed by atoms with Gasteiger partial charge >= 0.3 is 0 Å². The quantitative estimate of drug-likeness (QED) is 0.365. The largest absolute Gasteiger partial charge is 0.494 e. The molecular weight excluding hydrogens is 340 g/mol. The van der Waals surface area contributed by atoms with Gasteiger partial charge in [-0.3, -0.25) is 4.99 Å². The van der Waals surface area contributed by atoms with Crippen LogP contribution in [0.3, 0.4) is 0 Å². The van der Waals surface area contributed by atoms with E-state index in [0.717, 1.165) is 35.9 Å². The first-order valence-electron chi connectivity index (χ1n) is 8.91. The van der Waals surface area contributed by atoms with E-state index in [2.05, 4.69) is 37.8 Å². The van der Waals surface area contributed by atoms with Gasteiger partial charge in [-0.1, -0.05) is 30.3 Å². The lowest BCUT2D eigenvalue weighted by atomic mass is 10.2. The van der Waals surface area contributed by atoms with Gasteiger partial charge in [-0.05, 0) is 36.2 Å². The van der Waals surface area contributed by atoms with Gasteiger partial charge in [0.2, 0.25) is 0 Å². The van der Waals surface area contributed by atoms with Gasteiger partial charge < -0.3 is 15.4 Å². The summed E-state index contributed by atoms with van der Waals surface area (Å²) in [7, 11) is 1.77. The Morgan fingerprint density at radius 2 is 1.89 bits per heavy atom. The highest BCUT2D eigenvalue weighted by Crippen LogP contribution is 2.08. The number of nitrogens with zero attached hydrogens (tertiary/aromatic N) is 4. The van der Waals surface area contributed by atoms with Crippen LogP contribution in [0.15, 0.2) is 72.2 Å². The third-order valence-corrected chi connectivity index (χ3v) is 3.93. The molecule has 2 N–H and O–H groups in total. The lowest BCUT2D eigenvalue weighted by molar-refractivity contribution is 0.311. The van der Waals surface area contributed by atoms with Crippen molar-refractivity contribution >= 4 is 5.96 Å². The van der Waals surface area contributed by atoms with Crippen molar-refractivity contribution < 1.29 is 4.74 Å². The second kappa shape index (κ2) is 9.96. The van der Waals surface area contributed by atoms with Crippen LogP contribution in [0.2, 0.25) is 0 Å². The molecule has 3 rings (SSSR count). The van der Waals surface area contributed by atoms with Crippen LogP contribution in [-0.4, -0.2) is 40.9 Å².